The summed E-state index contributed by atoms with van der Waals surface area (Å²) in [4.78, 5) is 25.4. The van der Waals surface area contributed by atoms with Crippen LogP contribution in [0.2, 0.25) is 0 Å². The molecule has 0 unspecified atom stereocenters. The first-order chi connectivity index (χ1) is 17.8. The van der Waals surface area contributed by atoms with E-state index in [0.717, 1.165) is 28.1 Å². The molecule has 0 bridgehead atoms. The summed E-state index contributed by atoms with van der Waals surface area (Å²) < 4.78 is 7.03. The molecule has 8 nitrogen and oxygen atoms in total. The Labute approximate surface area is 220 Å². The second-order valence-electron chi connectivity index (χ2n) is 8.62. The second-order valence-corrected chi connectivity index (χ2v) is 9.56. The first-order valence-electron chi connectivity index (χ1n) is 11.8. The first-order valence-corrected chi connectivity index (χ1v) is 12.8. The van der Waals surface area contributed by atoms with Crippen LogP contribution in [0, 0.1) is 20.8 Å². The summed E-state index contributed by atoms with van der Waals surface area (Å²) in [5, 5.41) is 15.0. The average molecular weight is 516 g/mol. The molecule has 0 aliphatic carbocycles. The highest BCUT2D eigenvalue weighted by Gasteiger charge is 2.17. The van der Waals surface area contributed by atoms with Gasteiger partial charge in [0.15, 0.2) is 11.0 Å². The van der Waals surface area contributed by atoms with Gasteiger partial charge in [-0.15, -0.1) is 10.2 Å². The lowest BCUT2D eigenvalue weighted by Gasteiger charge is -2.12. The molecular formula is C28H29N5O3S. The third kappa shape index (κ3) is 6.56. The molecule has 190 valence electrons. The molecule has 37 heavy (non-hydrogen) atoms. The van der Waals surface area contributed by atoms with Crippen LogP contribution in [0.15, 0.2) is 71.9 Å². The zero-order valence-electron chi connectivity index (χ0n) is 21.2. The number of rotatable bonds is 9. The van der Waals surface area contributed by atoms with Crippen molar-refractivity contribution in [1.29, 1.82) is 0 Å². The van der Waals surface area contributed by atoms with Gasteiger partial charge in [-0.1, -0.05) is 30.0 Å². The van der Waals surface area contributed by atoms with E-state index in [4.69, 9.17) is 4.74 Å². The minimum atomic E-state index is -0.185. The third-order valence-corrected chi connectivity index (χ3v) is 6.77. The van der Waals surface area contributed by atoms with Crippen molar-refractivity contribution in [2.45, 2.75) is 32.5 Å². The van der Waals surface area contributed by atoms with Gasteiger partial charge in [-0.25, -0.2) is 0 Å². The summed E-state index contributed by atoms with van der Waals surface area (Å²) in [6.45, 7) is 6.18. The second kappa shape index (κ2) is 11.7. The number of carbonyl (C=O) groups excluding carboxylic acids is 2. The maximum atomic E-state index is 12.8. The number of benzene rings is 3. The van der Waals surface area contributed by atoms with E-state index in [1.807, 2.05) is 67.8 Å². The fraction of sp³-hybridized carbons (Fsp3) is 0.214. The van der Waals surface area contributed by atoms with Crippen LogP contribution in [0.3, 0.4) is 0 Å². The number of ether oxygens (including phenoxy) is 1. The standard InChI is InChI=1S/C28H29N5O3S/c1-18-6-5-7-23(14-18)33-25(16-29-27(35)21-9-8-19(2)20(3)15-21)31-32-28(33)37-17-26(34)30-22-10-12-24(36-4)13-11-22/h5-15H,16-17H2,1-4H3,(H,29,35)(H,30,34). The fourth-order valence-corrected chi connectivity index (χ4v) is 4.45. The van der Waals surface area contributed by atoms with Gasteiger partial charge in [0.2, 0.25) is 5.91 Å². The molecule has 2 N–H and O–H groups in total. The Balaban J connectivity index is 1.49. The molecule has 0 saturated heterocycles. The minimum absolute atomic E-state index is 0.144. The molecule has 9 heteroatoms. The number of aryl methyl sites for hydroxylation is 3. The predicted molar refractivity (Wildman–Crippen MR) is 146 cm³/mol. The molecule has 2 amide bonds. The van der Waals surface area contributed by atoms with E-state index in [-0.39, 0.29) is 24.1 Å². The maximum absolute atomic E-state index is 12.8. The number of nitrogens with one attached hydrogen (secondary N) is 2. The first kappa shape index (κ1) is 26.0. The SMILES string of the molecule is COc1ccc(NC(=O)CSc2nnc(CNC(=O)c3ccc(C)c(C)c3)n2-c2cccc(C)c2)cc1. The van der Waals surface area contributed by atoms with Crippen molar-refractivity contribution in [3.8, 4) is 11.4 Å². The highest BCUT2D eigenvalue weighted by atomic mass is 32.2. The highest BCUT2D eigenvalue weighted by Crippen LogP contribution is 2.24. The molecule has 3 aromatic carbocycles. The van der Waals surface area contributed by atoms with Crippen LogP contribution in [0.5, 0.6) is 5.75 Å². The fourth-order valence-electron chi connectivity index (χ4n) is 3.68. The molecule has 0 fully saturated rings. The Kier molecular flexibility index (Phi) is 8.25. The van der Waals surface area contributed by atoms with Crippen LogP contribution >= 0.6 is 11.8 Å². The molecule has 4 aromatic rings. The molecule has 0 aliphatic heterocycles. The molecule has 0 spiro atoms. The van der Waals surface area contributed by atoms with E-state index in [2.05, 4.69) is 20.8 Å². The molecule has 0 aliphatic rings. The van der Waals surface area contributed by atoms with Crippen LogP contribution in [0.1, 0.15) is 32.9 Å². The van der Waals surface area contributed by atoms with Gasteiger partial charge in [-0.2, -0.15) is 0 Å². The Morgan fingerprint density at radius 1 is 0.946 bits per heavy atom. The average Bonchev–Trinajstić information content (AvgIpc) is 3.31. The molecule has 0 atom stereocenters. The van der Waals surface area contributed by atoms with Crippen molar-refractivity contribution < 1.29 is 14.3 Å². The van der Waals surface area contributed by atoms with Gasteiger partial charge >= 0.3 is 0 Å². The lowest BCUT2D eigenvalue weighted by Crippen LogP contribution is -2.24. The van der Waals surface area contributed by atoms with Gasteiger partial charge < -0.3 is 15.4 Å². The Hall–Kier alpha value is -4.11. The number of thioether (sulfide) groups is 1. The lowest BCUT2D eigenvalue weighted by atomic mass is 10.1. The summed E-state index contributed by atoms with van der Waals surface area (Å²) in [7, 11) is 1.59. The number of methoxy groups -OCH3 is 1. The van der Waals surface area contributed by atoms with Gasteiger partial charge in [-0.05, 0) is 86.0 Å². The van der Waals surface area contributed by atoms with Gasteiger partial charge in [0.1, 0.15) is 5.75 Å². The minimum Gasteiger partial charge on any atom is -0.497 e. The molecule has 0 radical (unpaired) electrons. The van der Waals surface area contributed by atoms with Crippen molar-refractivity contribution in [2.75, 3.05) is 18.2 Å². The number of hydrogen-bond acceptors (Lipinski definition) is 6. The maximum Gasteiger partial charge on any atom is 0.251 e. The number of nitrogens with zero attached hydrogens (tertiary/aromatic N) is 3. The Morgan fingerprint density at radius 3 is 2.43 bits per heavy atom. The number of carbonyl (C=O) groups is 2. The van der Waals surface area contributed by atoms with Crippen LogP contribution < -0.4 is 15.4 Å². The van der Waals surface area contributed by atoms with E-state index in [9.17, 15) is 9.59 Å². The molecule has 1 aromatic heterocycles. The zero-order chi connectivity index (χ0) is 26.4. The lowest BCUT2D eigenvalue weighted by molar-refractivity contribution is -0.113. The van der Waals surface area contributed by atoms with Crippen molar-refractivity contribution >= 4 is 29.3 Å². The summed E-state index contributed by atoms with van der Waals surface area (Å²) in [6.07, 6.45) is 0. The van der Waals surface area contributed by atoms with E-state index in [0.29, 0.717) is 22.2 Å². The Morgan fingerprint density at radius 2 is 1.73 bits per heavy atom. The normalized spacial score (nSPS) is 10.7. The van der Waals surface area contributed by atoms with Crippen LogP contribution in [0.4, 0.5) is 5.69 Å². The number of amides is 2. The van der Waals surface area contributed by atoms with Crippen LogP contribution in [-0.2, 0) is 11.3 Å². The monoisotopic (exact) mass is 515 g/mol. The van der Waals surface area contributed by atoms with E-state index < -0.39 is 0 Å². The predicted octanol–water partition coefficient (Wildman–Crippen LogP) is 4.86. The Bertz CT molecular complexity index is 1420. The number of hydrogen-bond donors (Lipinski definition) is 2. The third-order valence-electron chi connectivity index (χ3n) is 5.84. The van der Waals surface area contributed by atoms with Crippen molar-refractivity contribution in [3.63, 3.8) is 0 Å². The van der Waals surface area contributed by atoms with Gasteiger partial charge in [-0.3, -0.25) is 14.2 Å². The molecule has 1 heterocycles. The largest absolute Gasteiger partial charge is 0.497 e. The summed E-state index contributed by atoms with van der Waals surface area (Å²) in [5.74, 6) is 1.08. The summed E-state index contributed by atoms with van der Waals surface area (Å²) in [6, 6.07) is 20.7. The molecular weight excluding hydrogens is 486 g/mol. The van der Waals surface area contributed by atoms with Crippen LogP contribution in [-0.4, -0.2) is 39.4 Å². The molecule has 4 rings (SSSR count). The van der Waals surface area contributed by atoms with E-state index >= 15 is 0 Å². The van der Waals surface area contributed by atoms with Gasteiger partial charge in [0, 0.05) is 16.9 Å². The summed E-state index contributed by atoms with van der Waals surface area (Å²) in [5.41, 5.74) is 5.40. The molecule has 0 saturated carbocycles. The van der Waals surface area contributed by atoms with E-state index in [1.165, 1.54) is 11.8 Å². The van der Waals surface area contributed by atoms with Crippen molar-refractivity contribution in [1.82, 2.24) is 20.1 Å². The topological polar surface area (TPSA) is 98.1 Å². The van der Waals surface area contributed by atoms with E-state index in [1.54, 1.807) is 31.4 Å². The van der Waals surface area contributed by atoms with Crippen molar-refractivity contribution in [3.05, 3.63) is 94.8 Å². The van der Waals surface area contributed by atoms with Gasteiger partial charge in [0.25, 0.3) is 5.91 Å². The quantitative estimate of drug-likeness (QED) is 0.309. The number of aromatic nitrogens is 3. The smallest absolute Gasteiger partial charge is 0.251 e. The summed E-state index contributed by atoms with van der Waals surface area (Å²) >= 11 is 1.28. The number of anilines is 1. The van der Waals surface area contributed by atoms with Crippen LogP contribution in [0.25, 0.3) is 5.69 Å². The highest BCUT2D eigenvalue weighted by molar-refractivity contribution is 7.99. The van der Waals surface area contributed by atoms with Crippen molar-refractivity contribution in [2.24, 2.45) is 0 Å². The van der Waals surface area contributed by atoms with Gasteiger partial charge in [0.05, 0.1) is 19.4 Å². The zero-order valence-corrected chi connectivity index (χ0v) is 22.1.